The zero-order valence-corrected chi connectivity index (χ0v) is 11.8. The van der Waals surface area contributed by atoms with Crippen LogP contribution in [0, 0.1) is 0 Å². The van der Waals surface area contributed by atoms with Crippen LogP contribution in [0.1, 0.15) is 18.4 Å². The number of aliphatic hydroxyl groups is 1. The normalized spacial score (nSPS) is 18.6. The van der Waals surface area contributed by atoms with Gasteiger partial charge in [-0.3, -0.25) is 0 Å². The van der Waals surface area contributed by atoms with Crippen molar-refractivity contribution < 1.29 is 18.3 Å². The Balaban J connectivity index is 2.18. The molecule has 5 nitrogen and oxygen atoms in total. The van der Waals surface area contributed by atoms with Gasteiger partial charge in [-0.25, -0.2) is 8.42 Å². The first-order valence-corrected chi connectivity index (χ1v) is 7.74. The second-order valence-electron chi connectivity index (χ2n) is 4.64. The summed E-state index contributed by atoms with van der Waals surface area (Å²) < 4.78 is 31.6. The van der Waals surface area contributed by atoms with Gasteiger partial charge in [0.05, 0.1) is 17.6 Å². The Hall–Kier alpha value is -0.950. The Morgan fingerprint density at radius 3 is 2.63 bits per heavy atom. The predicted molar refractivity (Wildman–Crippen MR) is 71.2 cm³/mol. The molecule has 1 fully saturated rings. The van der Waals surface area contributed by atoms with E-state index in [0.717, 1.165) is 12.8 Å². The van der Waals surface area contributed by atoms with Gasteiger partial charge in [0.2, 0.25) is 10.0 Å². The quantitative estimate of drug-likeness (QED) is 0.895. The van der Waals surface area contributed by atoms with Gasteiger partial charge in [0, 0.05) is 20.2 Å². The summed E-state index contributed by atoms with van der Waals surface area (Å²) in [6.45, 7) is 0.795. The van der Waals surface area contributed by atoms with Gasteiger partial charge in [-0.2, -0.15) is 4.31 Å². The van der Waals surface area contributed by atoms with Crippen molar-refractivity contribution in [2.45, 2.75) is 30.4 Å². The Morgan fingerprint density at radius 2 is 2.05 bits per heavy atom. The molecule has 1 saturated heterocycles. The number of hydrogen-bond acceptors (Lipinski definition) is 4. The van der Waals surface area contributed by atoms with E-state index in [4.69, 9.17) is 9.84 Å². The Bertz CT molecular complexity index is 521. The summed E-state index contributed by atoms with van der Waals surface area (Å²) in [5.41, 5.74) is 0.604. The van der Waals surface area contributed by atoms with E-state index in [0.29, 0.717) is 18.7 Å². The van der Waals surface area contributed by atoms with Crippen LogP contribution in [0.4, 0.5) is 0 Å². The predicted octanol–water partition coefficient (Wildman–Crippen LogP) is 0.978. The summed E-state index contributed by atoms with van der Waals surface area (Å²) in [5, 5.41) is 9.08. The van der Waals surface area contributed by atoms with Crippen LogP contribution >= 0.6 is 0 Å². The van der Waals surface area contributed by atoms with Gasteiger partial charge in [-0.15, -0.1) is 0 Å². The van der Waals surface area contributed by atoms with Crippen LogP contribution in [0.5, 0.6) is 0 Å². The average Bonchev–Trinajstić information content (AvgIpc) is 2.47. The number of sulfonamides is 1. The third kappa shape index (κ3) is 3.14. The van der Waals surface area contributed by atoms with E-state index >= 15 is 0 Å². The van der Waals surface area contributed by atoms with Gasteiger partial charge in [0.25, 0.3) is 0 Å². The number of ether oxygens (including phenoxy) is 1. The third-order valence-electron chi connectivity index (χ3n) is 3.45. The lowest BCUT2D eigenvalue weighted by molar-refractivity contribution is 0.0604. The van der Waals surface area contributed by atoms with Crippen molar-refractivity contribution in [1.29, 1.82) is 0 Å². The fourth-order valence-corrected chi connectivity index (χ4v) is 3.80. The summed E-state index contributed by atoms with van der Waals surface area (Å²) in [5.74, 6) is 0. The van der Waals surface area contributed by atoms with Crippen LogP contribution in [-0.2, 0) is 21.4 Å². The first-order valence-electron chi connectivity index (χ1n) is 6.30. The molecule has 0 aromatic heterocycles. The molecule has 1 heterocycles. The van der Waals surface area contributed by atoms with Crippen molar-refractivity contribution in [3.05, 3.63) is 29.8 Å². The maximum Gasteiger partial charge on any atom is 0.243 e. The summed E-state index contributed by atoms with van der Waals surface area (Å²) in [7, 11) is -1.81. The third-order valence-corrected chi connectivity index (χ3v) is 5.35. The van der Waals surface area contributed by atoms with Crippen LogP contribution in [0.2, 0.25) is 0 Å². The fraction of sp³-hybridized carbons (Fsp3) is 0.538. The topological polar surface area (TPSA) is 66.8 Å². The Morgan fingerprint density at radius 1 is 1.37 bits per heavy atom. The minimum atomic E-state index is -3.46. The monoisotopic (exact) mass is 285 g/mol. The lowest BCUT2D eigenvalue weighted by Crippen LogP contribution is -2.40. The maximum atomic E-state index is 12.5. The van der Waals surface area contributed by atoms with Gasteiger partial charge in [-0.1, -0.05) is 12.1 Å². The second kappa shape index (κ2) is 6.00. The van der Waals surface area contributed by atoms with Crippen molar-refractivity contribution in [3.8, 4) is 0 Å². The highest BCUT2D eigenvalue weighted by Crippen LogP contribution is 2.22. The fourth-order valence-electron chi connectivity index (χ4n) is 2.26. The molecule has 1 N–H and O–H groups in total. The van der Waals surface area contributed by atoms with E-state index < -0.39 is 10.0 Å². The number of nitrogens with zero attached hydrogens (tertiary/aromatic N) is 1. The number of methoxy groups -OCH3 is 1. The van der Waals surface area contributed by atoms with E-state index in [-0.39, 0.29) is 17.6 Å². The molecule has 106 valence electrons. The largest absolute Gasteiger partial charge is 0.392 e. The molecular weight excluding hydrogens is 266 g/mol. The summed E-state index contributed by atoms with van der Waals surface area (Å²) in [6, 6.07) is 6.45. The summed E-state index contributed by atoms with van der Waals surface area (Å²) in [4.78, 5) is 0.245. The molecule has 19 heavy (non-hydrogen) atoms. The Labute approximate surface area is 113 Å². The zero-order chi connectivity index (χ0) is 13.9. The first kappa shape index (κ1) is 14.5. The molecule has 1 aromatic carbocycles. The Kier molecular flexibility index (Phi) is 4.57. The van der Waals surface area contributed by atoms with Crippen LogP contribution in [0.3, 0.4) is 0 Å². The molecule has 2 rings (SSSR count). The molecule has 1 aliphatic rings. The van der Waals surface area contributed by atoms with Gasteiger partial charge in [0.15, 0.2) is 0 Å². The average molecular weight is 285 g/mol. The molecule has 1 aliphatic heterocycles. The lowest BCUT2D eigenvalue weighted by atomic mass is 10.1. The smallest absolute Gasteiger partial charge is 0.243 e. The van der Waals surface area contributed by atoms with Crippen molar-refractivity contribution in [2.24, 2.45) is 0 Å². The van der Waals surface area contributed by atoms with E-state index in [1.165, 1.54) is 10.4 Å². The molecule has 0 radical (unpaired) electrons. The zero-order valence-electron chi connectivity index (χ0n) is 10.9. The molecule has 0 saturated carbocycles. The van der Waals surface area contributed by atoms with Crippen molar-refractivity contribution >= 4 is 10.0 Å². The highest BCUT2D eigenvalue weighted by molar-refractivity contribution is 7.89. The number of benzene rings is 1. The first-order chi connectivity index (χ1) is 9.07. The molecular formula is C13H19NO4S. The highest BCUT2D eigenvalue weighted by atomic mass is 32.2. The number of hydrogen-bond donors (Lipinski definition) is 1. The maximum absolute atomic E-state index is 12.5. The van der Waals surface area contributed by atoms with E-state index in [2.05, 4.69) is 0 Å². The van der Waals surface area contributed by atoms with Crippen molar-refractivity contribution in [3.63, 3.8) is 0 Å². The van der Waals surface area contributed by atoms with Crippen LogP contribution in [-0.4, -0.2) is 44.1 Å². The molecule has 0 spiro atoms. The van der Waals surface area contributed by atoms with Gasteiger partial charge < -0.3 is 9.84 Å². The van der Waals surface area contributed by atoms with E-state index in [1.54, 1.807) is 25.3 Å². The summed E-state index contributed by atoms with van der Waals surface area (Å²) in [6.07, 6.45) is 1.58. The molecule has 1 aromatic rings. The highest BCUT2D eigenvalue weighted by Gasteiger charge is 2.29. The van der Waals surface area contributed by atoms with Crippen LogP contribution in [0.15, 0.2) is 29.2 Å². The molecule has 0 amide bonds. The standard InChI is InChI=1S/C13H19NO4S/c1-18-12-5-7-14(8-6-12)19(16,17)13-4-2-3-11(9-13)10-15/h2-4,9,12,15H,5-8,10H2,1H3. The number of aliphatic hydroxyl groups excluding tert-OH is 1. The van der Waals surface area contributed by atoms with E-state index in [1.807, 2.05) is 0 Å². The summed E-state index contributed by atoms with van der Waals surface area (Å²) >= 11 is 0. The molecule has 0 atom stereocenters. The minimum absolute atomic E-state index is 0.148. The second-order valence-corrected chi connectivity index (χ2v) is 6.58. The van der Waals surface area contributed by atoms with Crippen LogP contribution in [0.25, 0.3) is 0 Å². The number of piperidine rings is 1. The minimum Gasteiger partial charge on any atom is -0.392 e. The van der Waals surface area contributed by atoms with Gasteiger partial charge in [-0.05, 0) is 30.5 Å². The lowest BCUT2D eigenvalue weighted by Gasteiger charge is -2.30. The molecule has 0 aliphatic carbocycles. The van der Waals surface area contributed by atoms with Crippen molar-refractivity contribution in [1.82, 2.24) is 4.31 Å². The van der Waals surface area contributed by atoms with Gasteiger partial charge in [0.1, 0.15) is 0 Å². The SMILES string of the molecule is COC1CCN(S(=O)(=O)c2cccc(CO)c2)CC1. The molecule has 6 heteroatoms. The molecule has 0 unspecified atom stereocenters. The van der Waals surface area contributed by atoms with Crippen molar-refractivity contribution in [2.75, 3.05) is 20.2 Å². The molecule has 0 bridgehead atoms. The number of rotatable bonds is 4. The van der Waals surface area contributed by atoms with Gasteiger partial charge >= 0.3 is 0 Å². The van der Waals surface area contributed by atoms with E-state index in [9.17, 15) is 8.42 Å². The van der Waals surface area contributed by atoms with Crippen LogP contribution < -0.4 is 0 Å².